The first-order valence-electron chi connectivity index (χ1n) is 7.79. The fourth-order valence-corrected chi connectivity index (χ4v) is 2.99. The molecule has 118 valence electrons. The summed E-state index contributed by atoms with van der Waals surface area (Å²) in [5, 5.41) is 3.53. The summed E-state index contributed by atoms with van der Waals surface area (Å²) in [5.74, 6) is 0.0455. The summed E-state index contributed by atoms with van der Waals surface area (Å²) in [6.45, 7) is 5.97. The van der Waals surface area contributed by atoms with Crippen LogP contribution >= 0.6 is 0 Å². The smallest absolute Gasteiger partial charge is 0.168 e. The second-order valence-electron chi connectivity index (χ2n) is 5.91. The topological polar surface area (TPSA) is 30.5 Å². The van der Waals surface area contributed by atoms with E-state index in [4.69, 9.17) is 9.47 Å². The van der Waals surface area contributed by atoms with Gasteiger partial charge in [-0.25, -0.2) is 4.39 Å². The lowest BCUT2D eigenvalue weighted by Crippen LogP contribution is -2.50. The van der Waals surface area contributed by atoms with Crippen molar-refractivity contribution in [3.8, 4) is 5.75 Å². The van der Waals surface area contributed by atoms with Gasteiger partial charge in [0.25, 0.3) is 0 Å². The molecule has 0 saturated carbocycles. The fourth-order valence-electron chi connectivity index (χ4n) is 2.99. The van der Waals surface area contributed by atoms with E-state index in [2.05, 4.69) is 19.2 Å². The molecule has 0 aliphatic carbocycles. The molecule has 1 heterocycles. The van der Waals surface area contributed by atoms with Crippen molar-refractivity contribution in [2.75, 3.05) is 20.3 Å². The van der Waals surface area contributed by atoms with E-state index < -0.39 is 0 Å². The summed E-state index contributed by atoms with van der Waals surface area (Å²) in [4.78, 5) is 0. The normalized spacial score (nSPS) is 23.2. The van der Waals surface area contributed by atoms with Crippen molar-refractivity contribution >= 4 is 0 Å². The van der Waals surface area contributed by atoms with Crippen LogP contribution in [0, 0.1) is 5.82 Å². The lowest BCUT2D eigenvalue weighted by atomic mass is 9.88. The van der Waals surface area contributed by atoms with Crippen LogP contribution in [0.25, 0.3) is 0 Å². The van der Waals surface area contributed by atoms with E-state index in [9.17, 15) is 4.39 Å². The van der Waals surface area contributed by atoms with Crippen molar-refractivity contribution in [3.05, 3.63) is 29.6 Å². The Morgan fingerprint density at radius 3 is 2.90 bits per heavy atom. The van der Waals surface area contributed by atoms with Crippen LogP contribution in [-0.2, 0) is 11.2 Å². The second-order valence-corrected chi connectivity index (χ2v) is 5.91. The molecule has 2 atom stereocenters. The Labute approximate surface area is 126 Å². The van der Waals surface area contributed by atoms with Gasteiger partial charge in [0.1, 0.15) is 0 Å². The molecule has 0 aromatic heterocycles. The van der Waals surface area contributed by atoms with Gasteiger partial charge in [-0.3, -0.25) is 0 Å². The third kappa shape index (κ3) is 3.74. The van der Waals surface area contributed by atoms with Crippen molar-refractivity contribution in [1.29, 1.82) is 0 Å². The van der Waals surface area contributed by atoms with Gasteiger partial charge in [-0.15, -0.1) is 0 Å². The minimum Gasteiger partial charge on any atom is -0.494 e. The van der Waals surface area contributed by atoms with Crippen LogP contribution < -0.4 is 10.1 Å². The van der Waals surface area contributed by atoms with Crippen molar-refractivity contribution in [1.82, 2.24) is 5.32 Å². The van der Waals surface area contributed by atoms with E-state index in [-0.39, 0.29) is 17.5 Å². The van der Waals surface area contributed by atoms with Crippen molar-refractivity contribution in [2.24, 2.45) is 0 Å². The van der Waals surface area contributed by atoms with E-state index >= 15 is 0 Å². The summed E-state index contributed by atoms with van der Waals surface area (Å²) in [6.07, 6.45) is 3.74. The molecule has 0 amide bonds. The average molecular weight is 295 g/mol. The van der Waals surface area contributed by atoms with Crippen LogP contribution in [0.5, 0.6) is 5.75 Å². The molecule has 0 spiro atoms. The Morgan fingerprint density at radius 1 is 1.48 bits per heavy atom. The Kier molecular flexibility index (Phi) is 5.59. The van der Waals surface area contributed by atoms with Gasteiger partial charge in [-0.1, -0.05) is 19.1 Å². The zero-order chi connectivity index (χ0) is 15.3. The first-order chi connectivity index (χ1) is 10.1. The van der Waals surface area contributed by atoms with Gasteiger partial charge < -0.3 is 14.8 Å². The Hall–Kier alpha value is -1.13. The SMILES string of the molecule is CCCNC(Cc1cccc(OC)c1F)C1(C)CCCO1. The van der Waals surface area contributed by atoms with E-state index in [1.165, 1.54) is 7.11 Å². The van der Waals surface area contributed by atoms with E-state index in [0.29, 0.717) is 17.7 Å². The number of hydrogen-bond donors (Lipinski definition) is 1. The predicted molar refractivity (Wildman–Crippen MR) is 82.3 cm³/mol. The predicted octanol–water partition coefficient (Wildman–Crippen LogP) is 3.31. The molecule has 1 aliphatic rings. The van der Waals surface area contributed by atoms with Crippen LogP contribution in [-0.4, -0.2) is 31.9 Å². The van der Waals surface area contributed by atoms with Gasteiger partial charge in [-0.2, -0.15) is 0 Å². The molecule has 1 aromatic carbocycles. The van der Waals surface area contributed by atoms with E-state index in [1.54, 1.807) is 6.07 Å². The summed E-state index contributed by atoms with van der Waals surface area (Å²) in [7, 11) is 1.50. The largest absolute Gasteiger partial charge is 0.494 e. The van der Waals surface area contributed by atoms with Crippen LogP contribution in [0.1, 0.15) is 38.7 Å². The third-order valence-corrected chi connectivity index (χ3v) is 4.31. The van der Waals surface area contributed by atoms with Gasteiger partial charge in [0.2, 0.25) is 0 Å². The molecule has 2 unspecified atom stereocenters. The summed E-state index contributed by atoms with van der Waals surface area (Å²) in [6, 6.07) is 5.44. The maximum Gasteiger partial charge on any atom is 0.168 e. The fraction of sp³-hybridized carbons (Fsp3) is 0.647. The molecule has 1 saturated heterocycles. The lowest BCUT2D eigenvalue weighted by molar-refractivity contribution is -0.0116. The molecule has 3 nitrogen and oxygen atoms in total. The van der Waals surface area contributed by atoms with E-state index in [1.807, 2.05) is 12.1 Å². The Bertz CT molecular complexity index is 458. The summed E-state index contributed by atoms with van der Waals surface area (Å²) < 4.78 is 25.4. The molecular weight excluding hydrogens is 269 g/mol. The standard InChI is InChI=1S/C17H26FNO2/c1-4-10-19-15(17(2)9-6-11-21-17)12-13-7-5-8-14(20-3)16(13)18/h5,7-8,15,19H,4,6,9-12H2,1-3H3. The Morgan fingerprint density at radius 2 is 2.29 bits per heavy atom. The highest BCUT2D eigenvalue weighted by molar-refractivity contribution is 5.32. The molecule has 0 bridgehead atoms. The van der Waals surface area contributed by atoms with Gasteiger partial charge >= 0.3 is 0 Å². The van der Waals surface area contributed by atoms with Crippen LogP contribution in [0.3, 0.4) is 0 Å². The van der Waals surface area contributed by atoms with Crippen LogP contribution in [0.2, 0.25) is 0 Å². The van der Waals surface area contributed by atoms with Crippen LogP contribution in [0.15, 0.2) is 18.2 Å². The molecule has 2 rings (SSSR count). The average Bonchev–Trinajstić information content (AvgIpc) is 2.93. The number of benzene rings is 1. The van der Waals surface area contributed by atoms with Gasteiger partial charge in [0.15, 0.2) is 11.6 Å². The second kappa shape index (κ2) is 7.23. The van der Waals surface area contributed by atoms with Crippen LogP contribution in [0.4, 0.5) is 4.39 Å². The minimum absolute atomic E-state index is 0.113. The highest BCUT2D eigenvalue weighted by Gasteiger charge is 2.38. The number of nitrogens with one attached hydrogen (secondary N) is 1. The molecule has 1 aromatic rings. The molecule has 1 aliphatic heterocycles. The molecule has 1 N–H and O–H groups in total. The molecule has 0 radical (unpaired) electrons. The quantitative estimate of drug-likeness (QED) is 0.837. The number of rotatable bonds is 7. The summed E-state index contributed by atoms with van der Waals surface area (Å²) in [5.41, 5.74) is 0.463. The van der Waals surface area contributed by atoms with Crippen molar-refractivity contribution in [2.45, 2.75) is 51.2 Å². The number of methoxy groups -OCH3 is 1. The molecular formula is C17H26FNO2. The van der Waals surface area contributed by atoms with Crippen molar-refractivity contribution in [3.63, 3.8) is 0 Å². The maximum absolute atomic E-state index is 14.4. The van der Waals surface area contributed by atoms with E-state index in [0.717, 1.165) is 32.4 Å². The highest BCUT2D eigenvalue weighted by atomic mass is 19.1. The zero-order valence-electron chi connectivity index (χ0n) is 13.2. The van der Waals surface area contributed by atoms with Gasteiger partial charge in [0.05, 0.1) is 12.7 Å². The van der Waals surface area contributed by atoms with Crippen molar-refractivity contribution < 1.29 is 13.9 Å². The highest BCUT2D eigenvalue weighted by Crippen LogP contribution is 2.31. The summed E-state index contributed by atoms with van der Waals surface area (Å²) >= 11 is 0. The lowest BCUT2D eigenvalue weighted by Gasteiger charge is -2.34. The first-order valence-corrected chi connectivity index (χ1v) is 7.79. The Balaban J connectivity index is 2.18. The number of halogens is 1. The molecule has 1 fully saturated rings. The first kappa shape index (κ1) is 16.2. The number of hydrogen-bond acceptors (Lipinski definition) is 3. The third-order valence-electron chi connectivity index (χ3n) is 4.31. The molecule has 21 heavy (non-hydrogen) atoms. The monoisotopic (exact) mass is 295 g/mol. The zero-order valence-corrected chi connectivity index (χ0v) is 13.2. The van der Waals surface area contributed by atoms with Gasteiger partial charge in [-0.05, 0) is 50.8 Å². The number of ether oxygens (including phenoxy) is 2. The molecule has 4 heteroatoms. The minimum atomic E-state index is -0.259. The maximum atomic E-state index is 14.4. The van der Waals surface area contributed by atoms with Gasteiger partial charge in [0, 0.05) is 12.6 Å².